The van der Waals surface area contributed by atoms with Gasteiger partial charge in [0.15, 0.2) is 5.58 Å². The minimum atomic E-state index is 0.0650. The van der Waals surface area contributed by atoms with Crippen LogP contribution in [0.3, 0.4) is 0 Å². The molecule has 1 heterocycles. The number of hydrogen-bond acceptors (Lipinski definition) is 4. The molecule has 1 N–H and O–H groups in total. The third kappa shape index (κ3) is 3.32. The van der Waals surface area contributed by atoms with Gasteiger partial charge in [-0.3, -0.25) is 4.79 Å². The van der Waals surface area contributed by atoms with Crippen molar-refractivity contribution in [3.05, 3.63) is 30.0 Å². The molecule has 5 heteroatoms. The predicted octanol–water partition coefficient (Wildman–Crippen LogP) is 1.44. The van der Waals surface area contributed by atoms with E-state index in [-0.39, 0.29) is 12.3 Å². The van der Waals surface area contributed by atoms with Gasteiger partial charge >= 0.3 is 0 Å². The Balaban J connectivity index is 1.98. The zero-order chi connectivity index (χ0) is 13.7. The van der Waals surface area contributed by atoms with E-state index in [9.17, 15) is 4.79 Å². The summed E-state index contributed by atoms with van der Waals surface area (Å²) in [6.07, 6.45) is 1.23. The summed E-state index contributed by atoms with van der Waals surface area (Å²) in [5, 5.41) is 7.96. The topological polar surface area (TPSA) is 58.4 Å². The van der Waals surface area contributed by atoms with Gasteiger partial charge in [-0.05, 0) is 32.1 Å². The van der Waals surface area contributed by atoms with Crippen LogP contribution in [0.5, 0.6) is 0 Å². The molecule has 2 rings (SSSR count). The number of rotatable bonds is 6. The van der Waals surface area contributed by atoms with E-state index in [1.54, 1.807) is 4.90 Å². The molecule has 0 atom stereocenters. The summed E-state index contributed by atoms with van der Waals surface area (Å²) in [5.41, 5.74) is 1.43. The molecule has 0 aliphatic heterocycles. The molecule has 5 nitrogen and oxygen atoms in total. The Labute approximate surface area is 112 Å². The Morgan fingerprint density at radius 1 is 1.42 bits per heavy atom. The highest BCUT2D eigenvalue weighted by molar-refractivity contribution is 5.86. The van der Waals surface area contributed by atoms with Crippen molar-refractivity contribution in [2.45, 2.75) is 12.8 Å². The van der Waals surface area contributed by atoms with Gasteiger partial charge in [-0.1, -0.05) is 17.3 Å². The van der Waals surface area contributed by atoms with Crippen molar-refractivity contribution in [1.29, 1.82) is 0 Å². The number of aromatic nitrogens is 1. The Morgan fingerprint density at radius 3 is 3.00 bits per heavy atom. The SMILES string of the molecule is CNCCCN(C)C(=O)Cc1noc2ccccc12. The maximum atomic E-state index is 12.1. The Bertz CT molecular complexity index is 550. The van der Waals surface area contributed by atoms with Crippen LogP contribution in [0.15, 0.2) is 28.8 Å². The second-order valence-electron chi connectivity index (χ2n) is 4.57. The van der Waals surface area contributed by atoms with Crippen molar-refractivity contribution in [2.75, 3.05) is 27.2 Å². The van der Waals surface area contributed by atoms with Gasteiger partial charge < -0.3 is 14.7 Å². The van der Waals surface area contributed by atoms with Crippen LogP contribution in [0.25, 0.3) is 11.0 Å². The molecule has 1 aromatic heterocycles. The zero-order valence-corrected chi connectivity index (χ0v) is 11.3. The van der Waals surface area contributed by atoms with Crippen molar-refractivity contribution in [3.63, 3.8) is 0 Å². The standard InChI is InChI=1S/C14H19N3O2/c1-15-8-5-9-17(2)14(18)10-12-11-6-3-4-7-13(11)19-16-12/h3-4,6-7,15H,5,8-10H2,1-2H3. The van der Waals surface area contributed by atoms with Gasteiger partial charge in [0.25, 0.3) is 0 Å². The molecule has 0 saturated carbocycles. The number of nitrogens with zero attached hydrogens (tertiary/aromatic N) is 2. The van der Waals surface area contributed by atoms with Crippen molar-refractivity contribution in [2.24, 2.45) is 0 Å². The lowest BCUT2D eigenvalue weighted by Gasteiger charge is -2.16. The highest BCUT2D eigenvalue weighted by atomic mass is 16.5. The average molecular weight is 261 g/mol. The van der Waals surface area contributed by atoms with Crippen molar-refractivity contribution >= 4 is 16.9 Å². The van der Waals surface area contributed by atoms with E-state index in [0.29, 0.717) is 5.69 Å². The van der Waals surface area contributed by atoms with Crippen LogP contribution in [-0.4, -0.2) is 43.1 Å². The lowest BCUT2D eigenvalue weighted by molar-refractivity contribution is -0.129. The van der Waals surface area contributed by atoms with E-state index in [1.165, 1.54) is 0 Å². The maximum Gasteiger partial charge on any atom is 0.228 e. The Hall–Kier alpha value is -1.88. The highest BCUT2D eigenvalue weighted by Gasteiger charge is 2.14. The quantitative estimate of drug-likeness (QED) is 0.799. The number of amides is 1. The minimum Gasteiger partial charge on any atom is -0.356 e. The van der Waals surface area contributed by atoms with Gasteiger partial charge in [0, 0.05) is 19.0 Å². The summed E-state index contributed by atoms with van der Waals surface area (Å²) >= 11 is 0. The normalized spacial score (nSPS) is 10.8. The Morgan fingerprint density at radius 2 is 2.21 bits per heavy atom. The summed E-state index contributed by atoms with van der Waals surface area (Å²) in [6, 6.07) is 7.59. The molecule has 0 bridgehead atoms. The first-order valence-electron chi connectivity index (χ1n) is 6.44. The first kappa shape index (κ1) is 13.5. The molecular weight excluding hydrogens is 242 g/mol. The monoisotopic (exact) mass is 261 g/mol. The highest BCUT2D eigenvalue weighted by Crippen LogP contribution is 2.18. The largest absolute Gasteiger partial charge is 0.356 e. The molecule has 0 radical (unpaired) electrons. The number of hydrogen-bond donors (Lipinski definition) is 1. The van der Waals surface area contributed by atoms with Crippen LogP contribution in [0.2, 0.25) is 0 Å². The van der Waals surface area contributed by atoms with Gasteiger partial charge in [-0.2, -0.15) is 0 Å². The third-order valence-electron chi connectivity index (χ3n) is 3.12. The number of likely N-dealkylation sites (N-methyl/N-ethyl adjacent to an activating group) is 1. The first-order valence-corrected chi connectivity index (χ1v) is 6.44. The van der Waals surface area contributed by atoms with Crippen molar-refractivity contribution < 1.29 is 9.32 Å². The third-order valence-corrected chi connectivity index (χ3v) is 3.12. The van der Waals surface area contributed by atoms with Gasteiger partial charge in [-0.15, -0.1) is 0 Å². The number of carbonyl (C=O) groups excluding carboxylic acids is 1. The van der Waals surface area contributed by atoms with E-state index >= 15 is 0 Å². The number of nitrogens with one attached hydrogen (secondary N) is 1. The summed E-state index contributed by atoms with van der Waals surface area (Å²) in [7, 11) is 3.73. The molecule has 1 amide bonds. The molecule has 0 fully saturated rings. The summed E-state index contributed by atoms with van der Waals surface area (Å²) < 4.78 is 5.20. The van der Waals surface area contributed by atoms with Gasteiger partial charge in [-0.25, -0.2) is 0 Å². The lowest BCUT2D eigenvalue weighted by atomic mass is 10.1. The predicted molar refractivity (Wildman–Crippen MR) is 73.9 cm³/mol. The molecule has 1 aromatic carbocycles. The van der Waals surface area contributed by atoms with E-state index in [4.69, 9.17) is 4.52 Å². The molecule has 102 valence electrons. The number of carbonyl (C=O) groups is 1. The molecule has 2 aromatic rings. The smallest absolute Gasteiger partial charge is 0.228 e. The zero-order valence-electron chi connectivity index (χ0n) is 11.3. The molecule has 0 saturated heterocycles. The minimum absolute atomic E-state index is 0.0650. The van der Waals surface area contributed by atoms with Crippen LogP contribution in [0.4, 0.5) is 0 Å². The van der Waals surface area contributed by atoms with E-state index in [2.05, 4.69) is 10.5 Å². The van der Waals surface area contributed by atoms with Crippen LogP contribution < -0.4 is 5.32 Å². The van der Waals surface area contributed by atoms with Crippen molar-refractivity contribution in [1.82, 2.24) is 15.4 Å². The van der Waals surface area contributed by atoms with Crippen LogP contribution in [0, 0.1) is 0 Å². The van der Waals surface area contributed by atoms with Gasteiger partial charge in [0.05, 0.1) is 6.42 Å². The first-order chi connectivity index (χ1) is 9.22. The van der Waals surface area contributed by atoms with Crippen LogP contribution in [-0.2, 0) is 11.2 Å². The Kier molecular flexibility index (Phi) is 4.52. The summed E-state index contributed by atoms with van der Waals surface area (Å²) in [5.74, 6) is 0.0650. The van der Waals surface area contributed by atoms with Gasteiger partial charge in [0.1, 0.15) is 5.69 Å². The summed E-state index contributed by atoms with van der Waals surface area (Å²) in [6.45, 7) is 1.65. The van der Waals surface area contributed by atoms with E-state index in [0.717, 1.165) is 30.5 Å². The molecule has 0 spiro atoms. The fraction of sp³-hybridized carbons (Fsp3) is 0.429. The lowest BCUT2D eigenvalue weighted by Crippen LogP contribution is -2.30. The number of fused-ring (bicyclic) bond motifs is 1. The van der Waals surface area contributed by atoms with E-state index in [1.807, 2.05) is 38.4 Å². The average Bonchev–Trinajstić information content (AvgIpc) is 2.82. The second kappa shape index (κ2) is 6.33. The second-order valence-corrected chi connectivity index (χ2v) is 4.57. The fourth-order valence-electron chi connectivity index (χ4n) is 1.96. The molecule has 0 aliphatic rings. The van der Waals surface area contributed by atoms with E-state index < -0.39 is 0 Å². The molecular formula is C14H19N3O2. The number of para-hydroxylation sites is 1. The fourth-order valence-corrected chi connectivity index (χ4v) is 1.96. The number of benzene rings is 1. The van der Waals surface area contributed by atoms with Crippen LogP contribution in [0.1, 0.15) is 12.1 Å². The summed E-state index contributed by atoms with van der Waals surface area (Å²) in [4.78, 5) is 13.8. The molecule has 19 heavy (non-hydrogen) atoms. The van der Waals surface area contributed by atoms with Crippen LogP contribution >= 0.6 is 0 Å². The van der Waals surface area contributed by atoms with Gasteiger partial charge in [0.2, 0.25) is 5.91 Å². The maximum absolute atomic E-state index is 12.1. The van der Waals surface area contributed by atoms with Crippen molar-refractivity contribution in [3.8, 4) is 0 Å². The molecule has 0 unspecified atom stereocenters. The molecule has 0 aliphatic carbocycles.